The minimum absolute atomic E-state index is 0. The van der Waals surface area contributed by atoms with Crippen LogP contribution in [0.1, 0.15) is 96.3 Å². The summed E-state index contributed by atoms with van der Waals surface area (Å²) < 4.78 is 5.83. The second-order valence-electron chi connectivity index (χ2n) is 15.9. The Bertz CT molecular complexity index is 1020. The number of nitrogens with one attached hydrogen (secondary N) is 8. The van der Waals surface area contributed by atoms with Gasteiger partial charge in [-0.05, 0) is 99.2 Å². The predicted octanol–water partition coefficient (Wildman–Crippen LogP) is 1.75. The minimum atomic E-state index is -0.0239. The van der Waals surface area contributed by atoms with Gasteiger partial charge in [0.25, 0.3) is 6.47 Å². The van der Waals surface area contributed by atoms with Crippen LogP contribution in [0.4, 0.5) is 0 Å². The third-order valence-corrected chi connectivity index (χ3v) is 14.1. The quantitative estimate of drug-likeness (QED) is 0.164. The molecule has 8 bridgehead atoms. The van der Waals surface area contributed by atoms with E-state index in [2.05, 4.69) is 42.5 Å². The zero-order valence-corrected chi connectivity index (χ0v) is 27.1. The van der Waals surface area contributed by atoms with Gasteiger partial charge in [0.1, 0.15) is 6.10 Å². The number of hydrogen-bond donors (Lipinski definition) is 8. The average Bonchev–Trinajstić information content (AvgIpc) is 3.77. The smallest absolute Gasteiger partial charge is 0.293 e. The molecule has 1 radical (unpaired) electrons. The van der Waals surface area contributed by atoms with Gasteiger partial charge in [0, 0.05) is 23.0 Å². The van der Waals surface area contributed by atoms with E-state index in [1.807, 2.05) is 0 Å². The molecule has 4 saturated carbocycles. The van der Waals surface area contributed by atoms with Gasteiger partial charge in [-0.2, -0.15) is 0 Å². The zero-order valence-electron chi connectivity index (χ0n) is 26.1. The van der Waals surface area contributed by atoms with Gasteiger partial charge in [0.2, 0.25) is 0 Å². The summed E-state index contributed by atoms with van der Waals surface area (Å²) in [4.78, 5) is 11.6. The zero-order chi connectivity index (χ0) is 28.5. The van der Waals surface area contributed by atoms with Gasteiger partial charge in [-0.3, -0.25) is 47.3 Å². The number of fused-ring (bicyclic) bond motifs is 20. The van der Waals surface area contributed by atoms with E-state index in [1.165, 1.54) is 83.5 Å². The summed E-state index contributed by atoms with van der Waals surface area (Å²) in [5.74, 6) is 4.71. The molecule has 10 nitrogen and oxygen atoms in total. The SMILES string of the molecule is O=COC1CCCC2C3NC4NC(NC5NC(NC6NC(NC(N3)C12)C1CCCCC61)C1CCCCC51)C1CCCCC41.[Cu]. The van der Waals surface area contributed by atoms with Crippen LogP contribution < -0.4 is 42.5 Å². The Kier molecular flexibility index (Phi) is 9.11. The molecule has 11 heteroatoms. The Labute approximate surface area is 274 Å². The van der Waals surface area contributed by atoms with Gasteiger partial charge in [0.15, 0.2) is 0 Å². The second kappa shape index (κ2) is 12.9. The third kappa shape index (κ3) is 5.33. The molecule has 4 aliphatic carbocycles. The molecule has 251 valence electrons. The number of rotatable bonds is 2. The Morgan fingerprint density at radius 1 is 0.386 bits per heavy atom. The van der Waals surface area contributed by atoms with Crippen molar-refractivity contribution in [1.29, 1.82) is 0 Å². The van der Waals surface area contributed by atoms with E-state index in [1.54, 1.807) is 0 Å². The summed E-state index contributed by atoms with van der Waals surface area (Å²) in [5.41, 5.74) is 0. The van der Waals surface area contributed by atoms with Crippen LogP contribution in [0, 0.1) is 47.3 Å². The molecular weight excluding hydrogens is 604 g/mol. The normalized spacial score (nSPS) is 54.7. The van der Waals surface area contributed by atoms with E-state index < -0.39 is 0 Å². The van der Waals surface area contributed by atoms with E-state index in [0.29, 0.717) is 78.7 Å². The monoisotopic (exact) mass is 659 g/mol. The fraction of sp³-hybridized carbons (Fsp3) is 0.970. The maximum absolute atomic E-state index is 11.6. The largest absolute Gasteiger partial charge is 0.464 e. The third-order valence-electron chi connectivity index (χ3n) is 14.1. The van der Waals surface area contributed by atoms with Crippen LogP contribution in [0.2, 0.25) is 0 Å². The van der Waals surface area contributed by atoms with Crippen LogP contribution in [0.15, 0.2) is 0 Å². The van der Waals surface area contributed by atoms with Crippen molar-refractivity contribution in [2.45, 2.75) is 152 Å². The molecule has 0 aromatic rings. The van der Waals surface area contributed by atoms with Crippen molar-refractivity contribution in [3.63, 3.8) is 0 Å². The molecule has 9 rings (SSSR count). The van der Waals surface area contributed by atoms with Crippen LogP contribution in [0.3, 0.4) is 0 Å². The van der Waals surface area contributed by atoms with Crippen molar-refractivity contribution < 1.29 is 26.6 Å². The van der Waals surface area contributed by atoms with Gasteiger partial charge in [-0.25, -0.2) is 0 Å². The van der Waals surface area contributed by atoms with E-state index in [9.17, 15) is 4.79 Å². The average molecular weight is 660 g/mol. The van der Waals surface area contributed by atoms with Crippen LogP contribution in [-0.4, -0.2) is 61.9 Å². The number of ether oxygens (including phenoxy) is 1. The molecule has 8 N–H and O–H groups in total. The number of carbonyl (C=O) groups excluding carboxylic acids is 1. The van der Waals surface area contributed by atoms with E-state index in [-0.39, 0.29) is 47.6 Å². The summed E-state index contributed by atoms with van der Waals surface area (Å²) in [7, 11) is 0. The van der Waals surface area contributed by atoms with Crippen molar-refractivity contribution in [3.05, 3.63) is 0 Å². The molecule has 0 aromatic carbocycles. The van der Waals surface area contributed by atoms with Crippen molar-refractivity contribution in [2.75, 3.05) is 0 Å². The van der Waals surface area contributed by atoms with E-state index in [4.69, 9.17) is 4.74 Å². The first-order valence-corrected chi connectivity index (χ1v) is 18.4. The second-order valence-corrected chi connectivity index (χ2v) is 15.9. The maximum Gasteiger partial charge on any atom is 0.293 e. The molecular formula is C33H56CuN8O2. The number of carbonyl (C=O) groups is 1. The van der Waals surface area contributed by atoms with Crippen LogP contribution in [-0.2, 0) is 26.6 Å². The van der Waals surface area contributed by atoms with E-state index >= 15 is 0 Å². The van der Waals surface area contributed by atoms with Crippen molar-refractivity contribution in [3.8, 4) is 0 Å². The molecule has 17 unspecified atom stereocenters. The molecule has 5 saturated heterocycles. The topological polar surface area (TPSA) is 123 Å². The maximum atomic E-state index is 11.6. The van der Waals surface area contributed by atoms with Gasteiger partial charge in [-0.1, -0.05) is 38.5 Å². The molecule has 9 fully saturated rings. The first-order chi connectivity index (χ1) is 21.2. The van der Waals surface area contributed by atoms with Gasteiger partial charge in [-0.15, -0.1) is 0 Å². The van der Waals surface area contributed by atoms with Crippen LogP contribution >= 0.6 is 0 Å². The van der Waals surface area contributed by atoms with Crippen molar-refractivity contribution >= 4 is 6.47 Å². The molecule has 5 aliphatic heterocycles. The summed E-state index contributed by atoms with van der Waals surface area (Å²) in [6.07, 6.45) is 21.5. The van der Waals surface area contributed by atoms with Crippen molar-refractivity contribution in [2.24, 2.45) is 47.3 Å². The molecule has 44 heavy (non-hydrogen) atoms. The summed E-state index contributed by atoms with van der Waals surface area (Å²) in [6.45, 7) is 0.702. The molecule has 5 heterocycles. The van der Waals surface area contributed by atoms with E-state index in [0.717, 1.165) is 12.8 Å². The van der Waals surface area contributed by atoms with Gasteiger partial charge < -0.3 is 4.74 Å². The van der Waals surface area contributed by atoms with Crippen LogP contribution in [0.5, 0.6) is 0 Å². The molecule has 0 aromatic heterocycles. The molecule has 0 spiro atoms. The Balaban J connectivity index is 0.00000289. The first-order valence-electron chi connectivity index (χ1n) is 18.4. The predicted molar refractivity (Wildman–Crippen MR) is 164 cm³/mol. The summed E-state index contributed by atoms with van der Waals surface area (Å²) in [6, 6.07) is 0. The Morgan fingerprint density at radius 2 is 0.682 bits per heavy atom. The first kappa shape index (κ1) is 31.0. The summed E-state index contributed by atoms with van der Waals surface area (Å²) in [5, 5.41) is 33.3. The van der Waals surface area contributed by atoms with Crippen LogP contribution in [0.25, 0.3) is 0 Å². The van der Waals surface area contributed by atoms with Crippen molar-refractivity contribution in [1.82, 2.24) is 42.5 Å². The Hall–Kier alpha value is -0.331. The van der Waals surface area contributed by atoms with Gasteiger partial charge in [0.05, 0.1) is 49.3 Å². The Morgan fingerprint density at radius 3 is 1.02 bits per heavy atom. The minimum Gasteiger partial charge on any atom is -0.464 e. The summed E-state index contributed by atoms with van der Waals surface area (Å²) >= 11 is 0. The molecule has 9 aliphatic rings. The van der Waals surface area contributed by atoms with Gasteiger partial charge >= 0.3 is 0 Å². The fourth-order valence-electron chi connectivity index (χ4n) is 12.2. The molecule has 0 amide bonds. The number of hydrogen-bond acceptors (Lipinski definition) is 10. The fourth-order valence-corrected chi connectivity index (χ4v) is 12.2. The standard InChI is InChI=1S/C33H56N8O2.Cu/c42-16-43-24-15-7-14-23-25(24)33-40-31-22-13-6-5-12-21(22)29(38-31)36-27-18-9-2-1-8-17(18)26(34-27)35-28-19-10-3-4-11-20(19)30(37-28)39-32(23)41-33;/h16-41H,1-15H2;. The molecule has 17 atom stereocenters.